The summed E-state index contributed by atoms with van der Waals surface area (Å²) in [5.74, 6) is -0.0243. The van der Waals surface area contributed by atoms with E-state index in [1.165, 1.54) is 16.4 Å². The monoisotopic (exact) mass is 381 g/mol. The Hall–Kier alpha value is -3.19. The first kappa shape index (κ1) is 18.6. The fourth-order valence-corrected chi connectivity index (χ4v) is 4.16. The highest BCUT2D eigenvalue weighted by Gasteiger charge is 2.24. The fourth-order valence-electron chi connectivity index (χ4n) is 2.64. The number of para-hydroxylation sites is 1. The molecule has 0 aliphatic heterocycles. The van der Waals surface area contributed by atoms with E-state index in [2.05, 4.69) is 10.3 Å². The summed E-state index contributed by atoms with van der Waals surface area (Å²) >= 11 is 0. The second-order valence-corrected chi connectivity index (χ2v) is 7.56. The number of pyridine rings is 1. The van der Waals surface area contributed by atoms with E-state index in [9.17, 15) is 13.2 Å². The van der Waals surface area contributed by atoms with Gasteiger partial charge in [-0.05, 0) is 49.4 Å². The van der Waals surface area contributed by atoms with E-state index in [0.717, 1.165) is 0 Å². The average molecular weight is 381 g/mol. The van der Waals surface area contributed by atoms with Gasteiger partial charge in [0, 0.05) is 18.3 Å². The summed E-state index contributed by atoms with van der Waals surface area (Å²) in [5.41, 5.74) is 0.814. The second-order valence-electron chi connectivity index (χ2n) is 5.70. The number of hydrogen-bond acceptors (Lipinski definition) is 4. The topological polar surface area (TPSA) is 79.4 Å². The van der Waals surface area contributed by atoms with Crippen LogP contribution in [-0.2, 0) is 10.0 Å². The summed E-state index contributed by atoms with van der Waals surface area (Å²) in [4.78, 5) is 16.5. The third-order valence-electron chi connectivity index (χ3n) is 3.92. The third kappa shape index (κ3) is 4.15. The molecular weight excluding hydrogens is 362 g/mol. The first-order valence-corrected chi connectivity index (χ1v) is 9.86. The zero-order chi connectivity index (χ0) is 19.3. The SMILES string of the molecule is CCN(c1ccccc1)S(=O)(=O)c1cccc(C(=O)Nc2ccccn2)c1. The Morgan fingerprint density at radius 3 is 2.41 bits per heavy atom. The van der Waals surface area contributed by atoms with Crippen LogP contribution in [0, 0.1) is 0 Å². The number of hydrogen-bond donors (Lipinski definition) is 1. The maximum atomic E-state index is 13.1. The van der Waals surface area contributed by atoms with Crippen LogP contribution in [0.25, 0.3) is 0 Å². The van der Waals surface area contributed by atoms with Crippen LogP contribution in [0.3, 0.4) is 0 Å². The standard InChI is InChI=1S/C20H19N3O3S/c1-2-23(17-10-4-3-5-11-17)27(25,26)18-12-8-9-16(15-18)20(24)22-19-13-6-7-14-21-19/h3-15H,2H2,1H3,(H,21,22,24). The summed E-state index contributed by atoms with van der Waals surface area (Å²) in [7, 11) is -3.80. The molecule has 0 saturated carbocycles. The quantitative estimate of drug-likeness (QED) is 0.708. The van der Waals surface area contributed by atoms with Crippen LogP contribution in [-0.4, -0.2) is 25.9 Å². The lowest BCUT2D eigenvalue weighted by molar-refractivity contribution is 0.102. The molecule has 1 aromatic heterocycles. The molecule has 0 bridgehead atoms. The number of aromatic nitrogens is 1. The highest BCUT2D eigenvalue weighted by molar-refractivity contribution is 7.92. The molecule has 0 fully saturated rings. The zero-order valence-electron chi connectivity index (χ0n) is 14.7. The number of nitrogens with zero attached hydrogens (tertiary/aromatic N) is 2. The van der Waals surface area contributed by atoms with E-state index in [0.29, 0.717) is 11.5 Å². The van der Waals surface area contributed by atoms with Crippen molar-refractivity contribution in [2.24, 2.45) is 0 Å². The van der Waals surface area contributed by atoms with E-state index in [1.54, 1.807) is 67.7 Å². The van der Waals surface area contributed by atoms with Crippen LogP contribution in [0.4, 0.5) is 11.5 Å². The van der Waals surface area contributed by atoms with Gasteiger partial charge in [-0.2, -0.15) is 0 Å². The lowest BCUT2D eigenvalue weighted by Crippen LogP contribution is -2.31. The molecule has 0 saturated heterocycles. The van der Waals surface area contributed by atoms with Gasteiger partial charge in [-0.3, -0.25) is 9.10 Å². The van der Waals surface area contributed by atoms with Crippen molar-refractivity contribution < 1.29 is 13.2 Å². The van der Waals surface area contributed by atoms with E-state index in [-0.39, 0.29) is 17.0 Å². The van der Waals surface area contributed by atoms with Gasteiger partial charge in [0.25, 0.3) is 15.9 Å². The van der Waals surface area contributed by atoms with Crippen LogP contribution in [0.2, 0.25) is 0 Å². The Kier molecular flexibility index (Phi) is 5.52. The fraction of sp³-hybridized carbons (Fsp3) is 0.100. The van der Waals surface area contributed by atoms with Crippen molar-refractivity contribution in [3.63, 3.8) is 0 Å². The number of nitrogens with one attached hydrogen (secondary N) is 1. The minimum Gasteiger partial charge on any atom is -0.307 e. The Labute approximate surface area is 158 Å². The van der Waals surface area contributed by atoms with Crippen molar-refractivity contribution in [2.75, 3.05) is 16.2 Å². The minimum atomic E-state index is -3.80. The average Bonchev–Trinajstić information content (AvgIpc) is 2.70. The molecule has 0 unspecified atom stereocenters. The molecule has 27 heavy (non-hydrogen) atoms. The molecule has 0 aliphatic rings. The summed E-state index contributed by atoms with van der Waals surface area (Å²) in [5, 5.41) is 2.65. The van der Waals surface area contributed by atoms with Gasteiger partial charge >= 0.3 is 0 Å². The summed E-state index contributed by atoms with van der Waals surface area (Å²) in [6, 6.07) is 20.0. The van der Waals surface area contributed by atoms with Gasteiger partial charge in [-0.1, -0.05) is 30.3 Å². The van der Waals surface area contributed by atoms with Crippen molar-refractivity contribution in [3.05, 3.63) is 84.6 Å². The number of carbonyl (C=O) groups excluding carboxylic acids is 1. The summed E-state index contributed by atoms with van der Waals surface area (Å²) in [6.45, 7) is 2.04. The van der Waals surface area contributed by atoms with Gasteiger partial charge in [-0.25, -0.2) is 13.4 Å². The van der Waals surface area contributed by atoms with Gasteiger partial charge in [0.05, 0.1) is 10.6 Å². The largest absolute Gasteiger partial charge is 0.307 e. The molecule has 0 spiro atoms. The lowest BCUT2D eigenvalue weighted by Gasteiger charge is -2.23. The maximum absolute atomic E-state index is 13.1. The van der Waals surface area contributed by atoms with Gasteiger partial charge in [0.2, 0.25) is 0 Å². The molecule has 1 heterocycles. The number of carbonyl (C=O) groups is 1. The van der Waals surface area contributed by atoms with Crippen molar-refractivity contribution >= 4 is 27.4 Å². The van der Waals surface area contributed by atoms with E-state index < -0.39 is 15.9 Å². The third-order valence-corrected chi connectivity index (χ3v) is 5.82. The van der Waals surface area contributed by atoms with Crippen LogP contribution in [0.1, 0.15) is 17.3 Å². The van der Waals surface area contributed by atoms with Crippen molar-refractivity contribution in [3.8, 4) is 0 Å². The van der Waals surface area contributed by atoms with E-state index in [4.69, 9.17) is 0 Å². The normalized spacial score (nSPS) is 11.0. The number of anilines is 2. The van der Waals surface area contributed by atoms with Gasteiger partial charge in [0.1, 0.15) is 5.82 Å². The molecule has 3 rings (SSSR count). The Morgan fingerprint density at radius 2 is 1.74 bits per heavy atom. The van der Waals surface area contributed by atoms with Crippen LogP contribution >= 0.6 is 0 Å². The predicted molar refractivity (Wildman–Crippen MR) is 105 cm³/mol. The molecule has 3 aromatic rings. The first-order chi connectivity index (χ1) is 13.0. The number of benzene rings is 2. The molecule has 6 nitrogen and oxygen atoms in total. The predicted octanol–water partition coefficient (Wildman–Crippen LogP) is 3.55. The summed E-state index contributed by atoms with van der Waals surface area (Å²) in [6.07, 6.45) is 1.56. The lowest BCUT2D eigenvalue weighted by atomic mass is 10.2. The van der Waals surface area contributed by atoms with E-state index >= 15 is 0 Å². The molecule has 0 radical (unpaired) electrons. The Bertz CT molecular complexity index is 1020. The maximum Gasteiger partial charge on any atom is 0.264 e. The number of rotatable bonds is 6. The van der Waals surface area contributed by atoms with Crippen LogP contribution in [0.15, 0.2) is 83.9 Å². The number of amides is 1. The smallest absolute Gasteiger partial charge is 0.264 e. The molecule has 2 aromatic carbocycles. The Morgan fingerprint density at radius 1 is 1.00 bits per heavy atom. The van der Waals surface area contributed by atoms with Crippen LogP contribution in [0.5, 0.6) is 0 Å². The molecule has 138 valence electrons. The van der Waals surface area contributed by atoms with Crippen molar-refractivity contribution in [1.82, 2.24) is 4.98 Å². The summed E-state index contributed by atoms with van der Waals surface area (Å²) < 4.78 is 27.5. The number of sulfonamides is 1. The second kappa shape index (κ2) is 8.01. The van der Waals surface area contributed by atoms with Gasteiger partial charge in [0.15, 0.2) is 0 Å². The molecule has 1 amide bonds. The molecule has 0 aliphatic carbocycles. The minimum absolute atomic E-state index is 0.0573. The molecule has 7 heteroatoms. The van der Waals surface area contributed by atoms with Gasteiger partial charge < -0.3 is 5.32 Å². The van der Waals surface area contributed by atoms with Crippen LogP contribution < -0.4 is 9.62 Å². The highest BCUT2D eigenvalue weighted by Crippen LogP contribution is 2.24. The highest BCUT2D eigenvalue weighted by atomic mass is 32.2. The van der Waals surface area contributed by atoms with E-state index in [1.807, 2.05) is 6.07 Å². The Balaban J connectivity index is 1.91. The molecular formula is C20H19N3O3S. The molecule has 1 N–H and O–H groups in total. The molecule has 0 atom stereocenters. The first-order valence-electron chi connectivity index (χ1n) is 8.42. The van der Waals surface area contributed by atoms with Gasteiger partial charge in [-0.15, -0.1) is 0 Å². The van der Waals surface area contributed by atoms with Crippen molar-refractivity contribution in [1.29, 1.82) is 0 Å². The zero-order valence-corrected chi connectivity index (χ0v) is 15.6. The van der Waals surface area contributed by atoms with Crippen molar-refractivity contribution in [2.45, 2.75) is 11.8 Å².